The van der Waals surface area contributed by atoms with E-state index in [0.29, 0.717) is 15.7 Å². The van der Waals surface area contributed by atoms with Crippen molar-refractivity contribution < 1.29 is 9.53 Å². The molecule has 0 saturated carbocycles. The minimum absolute atomic E-state index is 0.129. The van der Waals surface area contributed by atoms with Gasteiger partial charge < -0.3 is 15.4 Å². The van der Waals surface area contributed by atoms with E-state index in [0.717, 1.165) is 17.9 Å². The van der Waals surface area contributed by atoms with E-state index in [1.165, 1.54) is 0 Å². The maximum absolute atomic E-state index is 12.0. The molecular formula is C18H20Cl2N2O2. The Balaban J connectivity index is 1.85. The molecule has 0 aromatic heterocycles. The lowest BCUT2D eigenvalue weighted by molar-refractivity contribution is -0.114. The van der Waals surface area contributed by atoms with Crippen LogP contribution in [0.15, 0.2) is 42.5 Å². The van der Waals surface area contributed by atoms with Gasteiger partial charge in [-0.15, -0.1) is 0 Å². The molecule has 0 aliphatic carbocycles. The van der Waals surface area contributed by atoms with Crippen LogP contribution in [0.2, 0.25) is 10.0 Å². The molecule has 6 heteroatoms. The molecule has 0 aliphatic heterocycles. The number of benzene rings is 2. The molecule has 2 rings (SSSR count). The average molecular weight is 367 g/mol. The minimum Gasteiger partial charge on any atom is -0.491 e. The van der Waals surface area contributed by atoms with Gasteiger partial charge in [0.2, 0.25) is 5.91 Å². The summed E-state index contributed by atoms with van der Waals surface area (Å²) >= 11 is 11.9. The lowest BCUT2D eigenvalue weighted by atomic mass is 10.2. The lowest BCUT2D eigenvalue weighted by Gasteiger charge is -2.13. The summed E-state index contributed by atoms with van der Waals surface area (Å²) in [6, 6.07) is 12.4. The predicted octanol–water partition coefficient (Wildman–Crippen LogP) is 5.22. The molecule has 2 aromatic carbocycles. The van der Waals surface area contributed by atoms with Crippen LogP contribution in [0.3, 0.4) is 0 Å². The maximum Gasteiger partial charge on any atom is 0.243 e. The van der Waals surface area contributed by atoms with Gasteiger partial charge in [0.1, 0.15) is 5.75 Å². The third-order valence-corrected chi connectivity index (χ3v) is 3.97. The molecule has 1 unspecified atom stereocenters. The Hall–Kier alpha value is -1.91. The fourth-order valence-corrected chi connectivity index (χ4v) is 2.39. The number of hydrogen-bond donors (Lipinski definition) is 2. The van der Waals surface area contributed by atoms with Crippen LogP contribution in [0.25, 0.3) is 0 Å². The van der Waals surface area contributed by atoms with Gasteiger partial charge in [-0.2, -0.15) is 0 Å². The van der Waals surface area contributed by atoms with Gasteiger partial charge in [0.05, 0.1) is 23.4 Å². The Kier molecular flexibility index (Phi) is 6.76. The molecule has 0 saturated heterocycles. The molecular weight excluding hydrogens is 347 g/mol. The van der Waals surface area contributed by atoms with Crippen LogP contribution in [0.5, 0.6) is 5.75 Å². The smallest absolute Gasteiger partial charge is 0.243 e. The summed E-state index contributed by atoms with van der Waals surface area (Å²) in [6.45, 7) is 4.23. The second kappa shape index (κ2) is 8.81. The molecule has 128 valence electrons. The third kappa shape index (κ3) is 5.62. The van der Waals surface area contributed by atoms with E-state index in [-0.39, 0.29) is 18.6 Å². The van der Waals surface area contributed by atoms with E-state index in [4.69, 9.17) is 27.9 Å². The van der Waals surface area contributed by atoms with Crippen LogP contribution in [-0.4, -0.2) is 18.6 Å². The van der Waals surface area contributed by atoms with Crippen molar-refractivity contribution >= 4 is 40.5 Å². The Bertz CT molecular complexity index is 690. The maximum atomic E-state index is 12.0. The number of halogens is 2. The highest BCUT2D eigenvalue weighted by atomic mass is 35.5. The summed E-state index contributed by atoms with van der Waals surface area (Å²) in [7, 11) is 0. The summed E-state index contributed by atoms with van der Waals surface area (Å²) in [5.74, 6) is 0.617. The van der Waals surface area contributed by atoms with E-state index in [1.54, 1.807) is 18.2 Å². The van der Waals surface area contributed by atoms with Crippen molar-refractivity contribution in [2.75, 3.05) is 17.2 Å². The van der Waals surface area contributed by atoms with E-state index >= 15 is 0 Å². The molecule has 0 fully saturated rings. The first kappa shape index (κ1) is 18.4. The van der Waals surface area contributed by atoms with Crippen LogP contribution in [-0.2, 0) is 4.79 Å². The van der Waals surface area contributed by atoms with Gasteiger partial charge in [0.15, 0.2) is 0 Å². The first-order valence-electron chi connectivity index (χ1n) is 7.73. The zero-order chi connectivity index (χ0) is 17.5. The largest absolute Gasteiger partial charge is 0.491 e. The van der Waals surface area contributed by atoms with Crippen molar-refractivity contribution in [1.82, 2.24) is 0 Å². The molecule has 1 atom stereocenters. The number of carbonyl (C=O) groups is 1. The number of rotatable bonds is 7. The first-order valence-corrected chi connectivity index (χ1v) is 8.49. The summed E-state index contributed by atoms with van der Waals surface area (Å²) < 4.78 is 5.71. The van der Waals surface area contributed by atoms with Gasteiger partial charge in [-0.3, -0.25) is 4.79 Å². The second-order valence-corrected chi connectivity index (χ2v) is 6.23. The van der Waals surface area contributed by atoms with E-state index < -0.39 is 0 Å². The van der Waals surface area contributed by atoms with Crippen LogP contribution in [0.4, 0.5) is 11.4 Å². The quantitative estimate of drug-likeness (QED) is 0.705. The van der Waals surface area contributed by atoms with Crippen molar-refractivity contribution in [3.8, 4) is 5.75 Å². The van der Waals surface area contributed by atoms with E-state index in [2.05, 4.69) is 17.6 Å². The summed E-state index contributed by atoms with van der Waals surface area (Å²) in [6.07, 6.45) is 1.13. The number of anilines is 2. The van der Waals surface area contributed by atoms with Crippen molar-refractivity contribution in [3.05, 3.63) is 52.5 Å². The number of carbonyl (C=O) groups excluding carboxylic acids is 1. The highest BCUT2D eigenvalue weighted by Crippen LogP contribution is 2.25. The van der Waals surface area contributed by atoms with Gasteiger partial charge in [0, 0.05) is 10.7 Å². The monoisotopic (exact) mass is 366 g/mol. The highest BCUT2D eigenvalue weighted by Gasteiger charge is 2.07. The number of hydrogen-bond acceptors (Lipinski definition) is 3. The predicted molar refractivity (Wildman–Crippen MR) is 100 cm³/mol. The van der Waals surface area contributed by atoms with Crippen molar-refractivity contribution in [3.63, 3.8) is 0 Å². The minimum atomic E-state index is -0.195. The molecule has 4 nitrogen and oxygen atoms in total. The Morgan fingerprint density at radius 3 is 2.50 bits per heavy atom. The number of amides is 1. The number of nitrogens with one attached hydrogen (secondary N) is 2. The van der Waals surface area contributed by atoms with Gasteiger partial charge in [-0.25, -0.2) is 0 Å². The fraction of sp³-hybridized carbons (Fsp3) is 0.278. The van der Waals surface area contributed by atoms with Gasteiger partial charge >= 0.3 is 0 Å². The molecule has 0 radical (unpaired) electrons. The normalized spacial score (nSPS) is 11.7. The molecule has 0 aliphatic rings. The van der Waals surface area contributed by atoms with Crippen LogP contribution >= 0.6 is 23.2 Å². The molecule has 0 bridgehead atoms. The van der Waals surface area contributed by atoms with Crippen molar-refractivity contribution in [2.45, 2.75) is 26.4 Å². The van der Waals surface area contributed by atoms with Gasteiger partial charge in [-0.1, -0.05) is 30.1 Å². The Labute approximate surface area is 152 Å². The topological polar surface area (TPSA) is 50.4 Å². The summed E-state index contributed by atoms with van der Waals surface area (Å²) in [4.78, 5) is 12.0. The van der Waals surface area contributed by atoms with Crippen LogP contribution < -0.4 is 15.4 Å². The number of ether oxygens (including phenoxy) is 1. The molecule has 24 heavy (non-hydrogen) atoms. The van der Waals surface area contributed by atoms with E-state index in [1.807, 2.05) is 31.2 Å². The zero-order valence-corrected chi connectivity index (χ0v) is 15.1. The van der Waals surface area contributed by atoms with Crippen molar-refractivity contribution in [1.29, 1.82) is 0 Å². The van der Waals surface area contributed by atoms with Gasteiger partial charge in [-0.05, 0) is 55.8 Å². The fourth-order valence-electron chi connectivity index (χ4n) is 1.93. The molecule has 0 heterocycles. The van der Waals surface area contributed by atoms with Gasteiger partial charge in [0.25, 0.3) is 0 Å². The van der Waals surface area contributed by atoms with E-state index in [9.17, 15) is 4.79 Å². The standard InChI is InChI=1S/C18H20Cl2N2O2/c1-3-12(2)24-15-7-5-14(6-8-15)21-11-18(23)22-17-9-4-13(19)10-16(17)20/h4-10,12,21H,3,11H2,1-2H3,(H,22,23). The highest BCUT2D eigenvalue weighted by molar-refractivity contribution is 6.36. The van der Waals surface area contributed by atoms with Crippen LogP contribution in [0, 0.1) is 0 Å². The summed E-state index contributed by atoms with van der Waals surface area (Å²) in [5.41, 5.74) is 1.37. The zero-order valence-electron chi connectivity index (χ0n) is 13.6. The third-order valence-electron chi connectivity index (χ3n) is 3.42. The Morgan fingerprint density at radius 1 is 1.17 bits per heavy atom. The molecule has 2 aromatic rings. The summed E-state index contributed by atoms with van der Waals surface area (Å²) in [5, 5.41) is 6.72. The molecule has 1 amide bonds. The second-order valence-electron chi connectivity index (χ2n) is 5.39. The average Bonchev–Trinajstić information content (AvgIpc) is 2.56. The molecule has 0 spiro atoms. The Morgan fingerprint density at radius 2 is 1.88 bits per heavy atom. The SMILES string of the molecule is CCC(C)Oc1ccc(NCC(=O)Nc2ccc(Cl)cc2Cl)cc1. The van der Waals surface area contributed by atoms with Crippen molar-refractivity contribution in [2.24, 2.45) is 0 Å². The molecule has 2 N–H and O–H groups in total. The van der Waals surface area contributed by atoms with Crippen LogP contribution in [0.1, 0.15) is 20.3 Å². The first-order chi connectivity index (χ1) is 11.5. The lowest BCUT2D eigenvalue weighted by Crippen LogP contribution is -2.21.